The summed E-state index contributed by atoms with van der Waals surface area (Å²) in [7, 11) is 0. The molecular formula is C7H6ClN3. The molecule has 3 nitrogen and oxygen atoms in total. The van der Waals surface area contributed by atoms with Crippen molar-refractivity contribution >= 4 is 17.2 Å². The Morgan fingerprint density at radius 1 is 1.55 bits per heavy atom. The average Bonchev–Trinajstić information content (AvgIpc) is 2.27. The Morgan fingerprint density at radius 2 is 2.36 bits per heavy atom. The van der Waals surface area contributed by atoms with E-state index in [1.54, 1.807) is 4.52 Å². The van der Waals surface area contributed by atoms with Gasteiger partial charge in [0.05, 0.1) is 0 Å². The lowest BCUT2D eigenvalue weighted by molar-refractivity contribution is 0.958. The minimum absolute atomic E-state index is 0.288. The summed E-state index contributed by atoms with van der Waals surface area (Å²) < 4.78 is 1.65. The average molecular weight is 168 g/mol. The van der Waals surface area contributed by atoms with Gasteiger partial charge in [-0.2, -0.15) is 4.98 Å². The number of pyridine rings is 1. The third-order valence-electron chi connectivity index (χ3n) is 1.47. The molecule has 0 saturated heterocycles. The summed E-state index contributed by atoms with van der Waals surface area (Å²) in [4.78, 5) is 3.99. The number of nitrogens with zero attached hydrogens (tertiary/aromatic N) is 3. The van der Waals surface area contributed by atoms with E-state index in [1.807, 2.05) is 25.3 Å². The van der Waals surface area contributed by atoms with Crippen LogP contribution in [0, 0.1) is 6.92 Å². The van der Waals surface area contributed by atoms with E-state index in [2.05, 4.69) is 10.1 Å². The highest BCUT2D eigenvalue weighted by Crippen LogP contribution is 2.06. The van der Waals surface area contributed by atoms with Crippen LogP contribution >= 0.6 is 11.6 Å². The fourth-order valence-corrected chi connectivity index (χ4v) is 1.12. The molecular weight excluding hydrogens is 162 g/mol. The Bertz CT molecular complexity index is 393. The topological polar surface area (TPSA) is 30.2 Å². The lowest BCUT2D eigenvalue weighted by atomic mass is 10.3. The number of halogens is 1. The Morgan fingerprint density at radius 3 is 3.18 bits per heavy atom. The van der Waals surface area contributed by atoms with E-state index in [1.165, 1.54) is 0 Å². The summed E-state index contributed by atoms with van der Waals surface area (Å²) in [6, 6.07) is 3.89. The zero-order valence-electron chi connectivity index (χ0n) is 5.95. The first-order chi connectivity index (χ1) is 5.25. The van der Waals surface area contributed by atoms with Gasteiger partial charge in [0, 0.05) is 6.20 Å². The van der Waals surface area contributed by atoms with Gasteiger partial charge in [0.1, 0.15) is 0 Å². The van der Waals surface area contributed by atoms with Crippen molar-refractivity contribution in [1.29, 1.82) is 0 Å². The maximum Gasteiger partial charge on any atom is 0.243 e. The van der Waals surface area contributed by atoms with Crippen molar-refractivity contribution in [2.75, 3.05) is 0 Å². The van der Waals surface area contributed by atoms with Crippen LogP contribution in [0.2, 0.25) is 5.28 Å². The molecule has 4 heteroatoms. The fraction of sp³-hybridized carbons (Fsp3) is 0.143. The van der Waals surface area contributed by atoms with Crippen molar-refractivity contribution in [3.63, 3.8) is 0 Å². The van der Waals surface area contributed by atoms with Crippen molar-refractivity contribution in [2.45, 2.75) is 6.92 Å². The largest absolute Gasteiger partial charge is 0.243 e. The second kappa shape index (κ2) is 2.20. The minimum Gasteiger partial charge on any atom is -0.220 e. The molecule has 0 aliphatic rings. The summed E-state index contributed by atoms with van der Waals surface area (Å²) in [6.07, 6.45) is 1.84. The Balaban J connectivity index is 2.82. The molecule has 0 spiro atoms. The number of hydrogen-bond acceptors (Lipinski definition) is 2. The van der Waals surface area contributed by atoms with Crippen LogP contribution in [0.25, 0.3) is 5.65 Å². The van der Waals surface area contributed by atoms with E-state index in [4.69, 9.17) is 11.6 Å². The highest BCUT2D eigenvalue weighted by Gasteiger charge is 1.98. The molecule has 0 aliphatic carbocycles. The highest BCUT2D eigenvalue weighted by molar-refractivity contribution is 6.28. The van der Waals surface area contributed by atoms with Crippen molar-refractivity contribution in [2.24, 2.45) is 0 Å². The van der Waals surface area contributed by atoms with E-state index in [-0.39, 0.29) is 5.28 Å². The van der Waals surface area contributed by atoms with Gasteiger partial charge in [-0.05, 0) is 36.2 Å². The molecule has 56 valence electrons. The van der Waals surface area contributed by atoms with Gasteiger partial charge < -0.3 is 0 Å². The standard InChI is InChI=1S/C7H6ClN3/c1-5-2-3-11-6(4-5)9-7(8)10-11/h2-4H,1H3. The normalized spacial score (nSPS) is 10.7. The molecule has 0 amide bonds. The Kier molecular flexibility index (Phi) is 1.32. The molecule has 2 rings (SSSR count). The third-order valence-corrected chi connectivity index (χ3v) is 1.63. The Labute approximate surface area is 68.6 Å². The monoisotopic (exact) mass is 167 g/mol. The van der Waals surface area contributed by atoms with E-state index >= 15 is 0 Å². The van der Waals surface area contributed by atoms with Gasteiger partial charge in [-0.3, -0.25) is 0 Å². The van der Waals surface area contributed by atoms with Crippen LogP contribution in [0.1, 0.15) is 5.56 Å². The van der Waals surface area contributed by atoms with Crippen LogP contribution in [0.15, 0.2) is 18.3 Å². The second-order valence-electron chi connectivity index (χ2n) is 2.39. The SMILES string of the molecule is Cc1ccn2nc(Cl)nc2c1. The first-order valence-electron chi connectivity index (χ1n) is 3.24. The number of hydrogen-bond donors (Lipinski definition) is 0. The molecule has 0 radical (unpaired) electrons. The summed E-state index contributed by atoms with van der Waals surface area (Å²) in [5, 5.41) is 4.21. The molecule has 2 aromatic heterocycles. The molecule has 0 fully saturated rings. The van der Waals surface area contributed by atoms with Gasteiger partial charge >= 0.3 is 0 Å². The predicted molar refractivity (Wildman–Crippen MR) is 42.7 cm³/mol. The molecule has 0 bridgehead atoms. The zero-order valence-corrected chi connectivity index (χ0v) is 6.71. The molecule has 0 saturated carbocycles. The van der Waals surface area contributed by atoms with Crippen LogP contribution < -0.4 is 0 Å². The van der Waals surface area contributed by atoms with Crippen molar-refractivity contribution < 1.29 is 0 Å². The number of rotatable bonds is 0. The molecule has 0 atom stereocenters. The molecule has 2 aromatic rings. The minimum atomic E-state index is 0.288. The van der Waals surface area contributed by atoms with Gasteiger partial charge in [-0.1, -0.05) is 0 Å². The van der Waals surface area contributed by atoms with Crippen LogP contribution in [-0.4, -0.2) is 14.6 Å². The van der Waals surface area contributed by atoms with Crippen LogP contribution in [0.5, 0.6) is 0 Å². The van der Waals surface area contributed by atoms with E-state index in [0.717, 1.165) is 11.2 Å². The molecule has 0 aliphatic heterocycles. The van der Waals surface area contributed by atoms with Gasteiger partial charge in [-0.25, -0.2) is 4.52 Å². The molecule has 0 unspecified atom stereocenters. The lowest BCUT2D eigenvalue weighted by Gasteiger charge is -1.90. The maximum absolute atomic E-state index is 5.59. The van der Waals surface area contributed by atoms with Crippen LogP contribution in [0.4, 0.5) is 0 Å². The summed E-state index contributed by atoms with van der Waals surface area (Å²) in [5.41, 5.74) is 1.94. The van der Waals surface area contributed by atoms with E-state index in [9.17, 15) is 0 Å². The maximum atomic E-state index is 5.59. The summed E-state index contributed by atoms with van der Waals surface area (Å²) in [6.45, 7) is 2.00. The van der Waals surface area contributed by atoms with Gasteiger partial charge in [0.15, 0.2) is 5.65 Å². The molecule has 0 aromatic carbocycles. The predicted octanol–water partition coefficient (Wildman–Crippen LogP) is 1.69. The number of aryl methyl sites for hydroxylation is 1. The number of fused-ring (bicyclic) bond motifs is 1. The number of aromatic nitrogens is 3. The molecule has 11 heavy (non-hydrogen) atoms. The Hall–Kier alpha value is -1.09. The smallest absolute Gasteiger partial charge is 0.220 e. The van der Waals surface area contributed by atoms with Gasteiger partial charge in [0.25, 0.3) is 0 Å². The first-order valence-corrected chi connectivity index (χ1v) is 3.62. The van der Waals surface area contributed by atoms with Crippen LogP contribution in [-0.2, 0) is 0 Å². The summed E-state index contributed by atoms with van der Waals surface area (Å²) in [5.74, 6) is 0. The zero-order chi connectivity index (χ0) is 7.84. The highest BCUT2D eigenvalue weighted by atomic mass is 35.5. The second-order valence-corrected chi connectivity index (χ2v) is 2.73. The summed E-state index contributed by atoms with van der Waals surface area (Å²) >= 11 is 5.59. The van der Waals surface area contributed by atoms with Crippen molar-refractivity contribution in [3.05, 3.63) is 29.2 Å². The van der Waals surface area contributed by atoms with E-state index in [0.29, 0.717) is 0 Å². The van der Waals surface area contributed by atoms with Gasteiger partial charge in [0.2, 0.25) is 5.28 Å². The lowest BCUT2D eigenvalue weighted by Crippen LogP contribution is -1.85. The van der Waals surface area contributed by atoms with Gasteiger partial charge in [-0.15, -0.1) is 5.10 Å². The molecule has 2 heterocycles. The quantitative estimate of drug-likeness (QED) is 0.598. The van der Waals surface area contributed by atoms with E-state index < -0.39 is 0 Å². The fourth-order valence-electron chi connectivity index (χ4n) is 0.956. The van der Waals surface area contributed by atoms with Crippen LogP contribution in [0.3, 0.4) is 0 Å². The van der Waals surface area contributed by atoms with Crippen molar-refractivity contribution in [3.8, 4) is 0 Å². The van der Waals surface area contributed by atoms with Crippen molar-refractivity contribution in [1.82, 2.24) is 14.6 Å². The third kappa shape index (κ3) is 1.07. The molecule has 0 N–H and O–H groups in total. The first kappa shape index (κ1) is 6.61.